The molecule has 0 saturated carbocycles. The van der Waals surface area contributed by atoms with Crippen molar-refractivity contribution < 1.29 is 13.9 Å². The molecular formula is C20H18N4O3. The monoisotopic (exact) mass is 362 g/mol. The first-order valence-electron chi connectivity index (χ1n) is 8.54. The number of nitrogens with zero attached hydrogens (tertiary/aromatic N) is 3. The van der Waals surface area contributed by atoms with E-state index in [1.165, 1.54) is 5.56 Å². The fourth-order valence-electron chi connectivity index (χ4n) is 2.62. The fourth-order valence-corrected chi connectivity index (χ4v) is 2.62. The lowest BCUT2D eigenvalue weighted by molar-refractivity contribution is 0.0918. The summed E-state index contributed by atoms with van der Waals surface area (Å²) in [5.41, 5.74) is 1.90. The summed E-state index contributed by atoms with van der Waals surface area (Å²) in [5, 5.41) is 10.9. The maximum absolute atomic E-state index is 12.3. The summed E-state index contributed by atoms with van der Waals surface area (Å²) < 4.78 is 13.1. The van der Waals surface area contributed by atoms with Crippen LogP contribution in [0.3, 0.4) is 0 Å². The van der Waals surface area contributed by atoms with Gasteiger partial charge in [0.2, 0.25) is 0 Å². The van der Waals surface area contributed by atoms with Gasteiger partial charge in [0.05, 0.1) is 6.54 Å². The number of aryl methyl sites for hydroxylation is 1. The Morgan fingerprint density at radius 2 is 1.96 bits per heavy atom. The van der Waals surface area contributed by atoms with E-state index in [0.29, 0.717) is 11.6 Å². The van der Waals surface area contributed by atoms with Crippen LogP contribution in [-0.4, -0.2) is 20.5 Å². The van der Waals surface area contributed by atoms with E-state index in [0.717, 1.165) is 11.4 Å². The molecule has 7 heteroatoms. The molecule has 1 amide bonds. The lowest BCUT2D eigenvalue weighted by Gasteiger charge is -2.04. The largest absolute Gasteiger partial charge is 0.486 e. The summed E-state index contributed by atoms with van der Waals surface area (Å²) >= 11 is 0. The Kier molecular flexibility index (Phi) is 4.57. The van der Waals surface area contributed by atoms with Crippen LogP contribution in [0.2, 0.25) is 0 Å². The van der Waals surface area contributed by atoms with Crippen LogP contribution in [0.4, 0.5) is 0 Å². The van der Waals surface area contributed by atoms with Crippen molar-refractivity contribution in [3.63, 3.8) is 0 Å². The van der Waals surface area contributed by atoms with E-state index in [9.17, 15) is 4.79 Å². The maximum Gasteiger partial charge on any atom is 0.287 e. The molecule has 136 valence electrons. The molecule has 1 aromatic carbocycles. The predicted octanol–water partition coefficient (Wildman–Crippen LogP) is 3.14. The van der Waals surface area contributed by atoms with E-state index in [2.05, 4.69) is 15.5 Å². The van der Waals surface area contributed by atoms with Crippen LogP contribution >= 0.6 is 0 Å². The standard InChI is InChI=1S/C20H18N4O3/c1-14-5-7-15(8-6-14)26-13-16-9-10-17(27-16)20(25)21-12-19-23-22-18-4-2-3-11-24(18)19/h2-11H,12-13H2,1H3,(H,21,25). The summed E-state index contributed by atoms with van der Waals surface area (Å²) in [6.45, 7) is 2.52. The summed E-state index contributed by atoms with van der Waals surface area (Å²) in [7, 11) is 0. The number of pyridine rings is 1. The second-order valence-corrected chi connectivity index (χ2v) is 6.10. The van der Waals surface area contributed by atoms with Crippen LogP contribution in [0.5, 0.6) is 5.75 Å². The number of aromatic nitrogens is 3. The van der Waals surface area contributed by atoms with Crippen LogP contribution in [-0.2, 0) is 13.2 Å². The van der Waals surface area contributed by atoms with Crippen LogP contribution in [0.1, 0.15) is 27.7 Å². The average molecular weight is 362 g/mol. The first-order chi connectivity index (χ1) is 13.2. The number of fused-ring (bicyclic) bond motifs is 1. The van der Waals surface area contributed by atoms with Crippen molar-refractivity contribution >= 4 is 11.6 Å². The quantitative estimate of drug-likeness (QED) is 0.570. The van der Waals surface area contributed by atoms with Crippen molar-refractivity contribution in [1.29, 1.82) is 0 Å². The molecule has 0 fully saturated rings. The van der Waals surface area contributed by atoms with Gasteiger partial charge in [-0.1, -0.05) is 23.8 Å². The van der Waals surface area contributed by atoms with Crippen molar-refractivity contribution in [2.45, 2.75) is 20.1 Å². The van der Waals surface area contributed by atoms with Crippen molar-refractivity contribution in [2.75, 3.05) is 0 Å². The Morgan fingerprint density at radius 3 is 2.81 bits per heavy atom. The van der Waals surface area contributed by atoms with E-state index < -0.39 is 0 Å². The summed E-state index contributed by atoms with van der Waals surface area (Å²) in [4.78, 5) is 12.3. The molecule has 0 aliphatic carbocycles. The van der Waals surface area contributed by atoms with Crippen LogP contribution in [0.25, 0.3) is 5.65 Å². The second kappa shape index (κ2) is 7.33. The molecule has 0 radical (unpaired) electrons. The lowest BCUT2D eigenvalue weighted by Crippen LogP contribution is -2.23. The van der Waals surface area contributed by atoms with Gasteiger partial charge in [0, 0.05) is 6.20 Å². The van der Waals surface area contributed by atoms with E-state index in [1.54, 1.807) is 12.1 Å². The molecule has 4 aromatic rings. The third-order valence-electron chi connectivity index (χ3n) is 4.08. The highest BCUT2D eigenvalue weighted by Gasteiger charge is 2.13. The van der Waals surface area contributed by atoms with Gasteiger partial charge in [0.15, 0.2) is 17.2 Å². The molecule has 3 aromatic heterocycles. The van der Waals surface area contributed by atoms with E-state index in [1.807, 2.05) is 60.0 Å². The highest BCUT2D eigenvalue weighted by Crippen LogP contribution is 2.15. The van der Waals surface area contributed by atoms with E-state index in [-0.39, 0.29) is 24.8 Å². The lowest BCUT2D eigenvalue weighted by atomic mass is 10.2. The Labute approximate surface area is 155 Å². The molecule has 0 aliphatic heterocycles. The topological polar surface area (TPSA) is 81.7 Å². The highest BCUT2D eigenvalue weighted by atomic mass is 16.5. The minimum atomic E-state index is -0.315. The number of nitrogens with one attached hydrogen (secondary N) is 1. The number of carbonyl (C=O) groups excluding carboxylic acids is 1. The van der Waals surface area contributed by atoms with E-state index in [4.69, 9.17) is 9.15 Å². The molecular weight excluding hydrogens is 344 g/mol. The van der Waals surface area contributed by atoms with Gasteiger partial charge in [-0.25, -0.2) is 0 Å². The normalized spacial score (nSPS) is 10.9. The molecule has 0 bridgehead atoms. The molecule has 0 unspecified atom stereocenters. The molecule has 27 heavy (non-hydrogen) atoms. The molecule has 0 spiro atoms. The van der Waals surface area contributed by atoms with Gasteiger partial charge in [0.1, 0.15) is 18.1 Å². The Balaban J connectivity index is 1.35. The number of benzene rings is 1. The van der Waals surface area contributed by atoms with Crippen molar-refractivity contribution in [3.8, 4) is 5.75 Å². The van der Waals surface area contributed by atoms with Gasteiger partial charge < -0.3 is 14.5 Å². The second-order valence-electron chi connectivity index (χ2n) is 6.10. The minimum Gasteiger partial charge on any atom is -0.486 e. The van der Waals surface area contributed by atoms with Gasteiger partial charge in [-0.15, -0.1) is 10.2 Å². The number of rotatable bonds is 6. The van der Waals surface area contributed by atoms with Crippen LogP contribution < -0.4 is 10.1 Å². The first-order valence-corrected chi connectivity index (χ1v) is 8.54. The molecule has 3 heterocycles. The Hall–Kier alpha value is -3.61. The van der Waals surface area contributed by atoms with Gasteiger partial charge in [-0.05, 0) is 43.3 Å². The first kappa shape index (κ1) is 16.8. The zero-order valence-electron chi connectivity index (χ0n) is 14.8. The predicted molar refractivity (Wildman–Crippen MR) is 98.4 cm³/mol. The van der Waals surface area contributed by atoms with Crippen molar-refractivity contribution in [2.24, 2.45) is 0 Å². The number of furan rings is 1. The number of carbonyl (C=O) groups is 1. The SMILES string of the molecule is Cc1ccc(OCc2ccc(C(=O)NCc3nnc4ccccn34)o2)cc1. The Morgan fingerprint density at radius 1 is 1.11 bits per heavy atom. The van der Waals surface area contributed by atoms with Gasteiger partial charge in [-0.3, -0.25) is 9.20 Å². The number of hydrogen-bond donors (Lipinski definition) is 1. The maximum atomic E-state index is 12.3. The summed E-state index contributed by atoms with van der Waals surface area (Å²) in [5.74, 6) is 1.89. The smallest absolute Gasteiger partial charge is 0.287 e. The molecule has 4 rings (SSSR count). The summed E-state index contributed by atoms with van der Waals surface area (Å²) in [6, 6.07) is 16.7. The average Bonchev–Trinajstić information content (AvgIpc) is 3.33. The number of ether oxygens (including phenoxy) is 1. The summed E-state index contributed by atoms with van der Waals surface area (Å²) in [6.07, 6.45) is 1.85. The zero-order chi connectivity index (χ0) is 18.6. The molecule has 0 aliphatic rings. The minimum absolute atomic E-state index is 0.228. The Bertz CT molecular complexity index is 1070. The van der Waals surface area contributed by atoms with Crippen LogP contribution in [0.15, 0.2) is 65.2 Å². The van der Waals surface area contributed by atoms with Gasteiger partial charge >= 0.3 is 0 Å². The van der Waals surface area contributed by atoms with Crippen LogP contribution in [0, 0.1) is 6.92 Å². The molecule has 0 saturated heterocycles. The van der Waals surface area contributed by atoms with Crippen molar-refractivity contribution in [1.82, 2.24) is 19.9 Å². The third kappa shape index (κ3) is 3.82. The van der Waals surface area contributed by atoms with Crippen molar-refractivity contribution in [3.05, 3.63) is 83.7 Å². The number of hydrogen-bond acceptors (Lipinski definition) is 5. The zero-order valence-corrected chi connectivity index (χ0v) is 14.8. The van der Waals surface area contributed by atoms with E-state index >= 15 is 0 Å². The highest BCUT2D eigenvalue weighted by molar-refractivity contribution is 5.91. The molecule has 7 nitrogen and oxygen atoms in total. The fraction of sp³-hybridized carbons (Fsp3) is 0.150. The number of amides is 1. The third-order valence-corrected chi connectivity index (χ3v) is 4.08. The molecule has 0 atom stereocenters. The van der Waals surface area contributed by atoms with Gasteiger partial charge in [-0.2, -0.15) is 0 Å². The van der Waals surface area contributed by atoms with Gasteiger partial charge in [0.25, 0.3) is 5.91 Å². The molecule has 1 N–H and O–H groups in total.